The molecular formula is C26H28N8O2S. The highest BCUT2D eigenvalue weighted by Crippen LogP contribution is 2.37. The Hall–Kier alpha value is -4.04. The van der Waals surface area contributed by atoms with Crippen LogP contribution in [0.3, 0.4) is 0 Å². The molecule has 0 spiro atoms. The molecule has 0 radical (unpaired) electrons. The molecule has 1 saturated heterocycles. The van der Waals surface area contributed by atoms with Crippen molar-refractivity contribution in [2.45, 2.75) is 45.1 Å². The van der Waals surface area contributed by atoms with Gasteiger partial charge in [0.2, 0.25) is 0 Å². The molecule has 4 aromatic rings. The predicted octanol–water partition coefficient (Wildman–Crippen LogP) is 4.94. The van der Waals surface area contributed by atoms with Crippen LogP contribution in [-0.2, 0) is 4.74 Å². The summed E-state index contributed by atoms with van der Waals surface area (Å²) in [5.41, 5.74) is 4.19. The maximum Gasteiger partial charge on any atom is 0.410 e. The SMILES string of the molecule is CNc1cc(-c2ccc3cc(C#N)cnn23)ncc1-c1nnc(C2CCN(C(=O)OC(C)(C)C)CC2)s1. The lowest BCUT2D eigenvalue weighted by molar-refractivity contribution is 0.0204. The number of ether oxygens (including phenoxy) is 1. The average Bonchev–Trinajstić information content (AvgIpc) is 3.54. The van der Waals surface area contributed by atoms with Gasteiger partial charge >= 0.3 is 6.09 Å². The monoisotopic (exact) mass is 516 g/mol. The van der Waals surface area contributed by atoms with Gasteiger partial charge in [-0.05, 0) is 57.9 Å². The Balaban J connectivity index is 1.33. The summed E-state index contributed by atoms with van der Waals surface area (Å²) in [6.07, 6.45) is 4.74. The van der Waals surface area contributed by atoms with Crippen LogP contribution in [0.1, 0.15) is 50.1 Å². The van der Waals surface area contributed by atoms with Gasteiger partial charge in [-0.25, -0.2) is 9.31 Å². The van der Waals surface area contributed by atoms with E-state index in [9.17, 15) is 4.79 Å². The molecule has 0 aromatic carbocycles. The molecule has 10 nitrogen and oxygen atoms in total. The third-order valence-electron chi connectivity index (χ3n) is 6.23. The van der Waals surface area contributed by atoms with E-state index in [1.54, 1.807) is 39.2 Å². The first kappa shape index (κ1) is 24.6. The lowest BCUT2D eigenvalue weighted by atomic mass is 9.98. The highest BCUT2D eigenvalue weighted by Gasteiger charge is 2.29. The molecule has 11 heteroatoms. The normalized spacial score (nSPS) is 14.5. The molecule has 5 rings (SSSR count). The number of anilines is 1. The van der Waals surface area contributed by atoms with E-state index in [4.69, 9.17) is 15.0 Å². The second-order valence-corrected chi connectivity index (χ2v) is 11.0. The summed E-state index contributed by atoms with van der Waals surface area (Å²) < 4.78 is 7.28. The molecular weight excluding hydrogens is 488 g/mol. The van der Waals surface area contributed by atoms with Crippen molar-refractivity contribution in [3.8, 4) is 28.0 Å². The van der Waals surface area contributed by atoms with Gasteiger partial charge in [-0.1, -0.05) is 11.3 Å². The highest BCUT2D eigenvalue weighted by atomic mass is 32.1. The Labute approximate surface area is 218 Å². The largest absolute Gasteiger partial charge is 0.444 e. The van der Waals surface area contributed by atoms with Crippen LogP contribution in [0.2, 0.25) is 0 Å². The first-order valence-corrected chi connectivity index (χ1v) is 12.9. The topological polar surface area (TPSA) is 121 Å². The molecule has 5 heterocycles. The molecule has 37 heavy (non-hydrogen) atoms. The number of piperidine rings is 1. The zero-order chi connectivity index (χ0) is 26.2. The molecule has 1 fully saturated rings. The highest BCUT2D eigenvalue weighted by molar-refractivity contribution is 7.14. The number of hydrogen-bond acceptors (Lipinski definition) is 9. The third kappa shape index (κ3) is 5.11. The number of rotatable bonds is 4. The maximum absolute atomic E-state index is 12.4. The zero-order valence-electron chi connectivity index (χ0n) is 21.2. The van der Waals surface area contributed by atoms with Crippen molar-refractivity contribution in [2.24, 2.45) is 0 Å². The van der Waals surface area contributed by atoms with Crippen LogP contribution in [0.4, 0.5) is 10.5 Å². The van der Waals surface area contributed by atoms with Gasteiger partial charge in [0, 0.05) is 37.9 Å². The van der Waals surface area contributed by atoms with Crippen LogP contribution >= 0.6 is 11.3 Å². The standard InChI is InChI=1S/C26H28N8O2S/c1-26(2,3)36-25(35)33-9-7-17(8-10-33)23-31-32-24(37-23)19-15-29-21(12-20(19)28-4)22-6-5-18-11-16(13-27)14-30-34(18)22/h5-6,11-12,14-15,17H,7-10H2,1-4H3,(H,28,29). The van der Waals surface area contributed by atoms with E-state index < -0.39 is 5.60 Å². The average molecular weight is 517 g/mol. The Bertz CT molecular complexity index is 1490. The summed E-state index contributed by atoms with van der Waals surface area (Å²) >= 11 is 1.57. The number of fused-ring (bicyclic) bond motifs is 1. The number of likely N-dealkylation sites (tertiary alicyclic amines) is 1. The lowest BCUT2D eigenvalue weighted by Crippen LogP contribution is -2.41. The van der Waals surface area contributed by atoms with Gasteiger partial charge in [-0.2, -0.15) is 10.4 Å². The fourth-order valence-electron chi connectivity index (χ4n) is 4.37. The maximum atomic E-state index is 12.4. The van der Waals surface area contributed by atoms with E-state index in [0.29, 0.717) is 18.7 Å². The van der Waals surface area contributed by atoms with Crippen molar-refractivity contribution in [1.82, 2.24) is 29.7 Å². The van der Waals surface area contributed by atoms with Gasteiger partial charge in [-0.3, -0.25) is 4.98 Å². The number of pyridine rings is 1. The molecule has 190 valence electrons. The van der Waals surface area contributed by atoms with Gasteiger partial charge in [0.05, 0.1) is 34.2 Å². The van der Waals surface area contributed by atoms with E-state index in [-0.39, 0.29) is 12.0 Å². The van der Waals surface area contributed by atoms with Crippen molar-refractivity contribution in [2.75, 3.05) is 25.5 Å². The summed E-state index contributed by atoms with van der Waals surface area (Å²) in [6, 6.07) is 9.74. The minimum Gasteiger partial charge on any atom is -0.444 e. The Morgan fingerprint density at radius 2 is 1.97 bits per heavy atom. The third-order valence-corrected chi connectivity index (χ3v) is 7.35. The van der Waals surface area contributed by atoms with E-state index in [0.717, 1.165) is 51.0 Å². The molecule has 1 amide bonds. The molecule has 0 aliphatic carbocycles. The number of nitrogens with one attached hydrogen (secondary N) is 1. The summed E-state index contributed by atoms with van der Waals surface area (Å²) in [7, 11) is 1.87. The van der Waals surface area contributed by atoms with Crippen molar-refractivity contribution in [3.05, 3.63) is 47.2 Å². The van der Waals surface area contributed by atoms with Crippen LogP contribution in [0.25, 0.3) is 27.5 Å². The number of nitrogens with zero attached hydrogens (tertiary/aromatic N) is 7. The van der Waals surface area contributed by atoms with Gasteiger partial charge < -0.3 is 15.0 Å². The first-order valence-electron chi connectivity index (χ1n) is 12.1. The Kier molecular flexibility index (Phi) is 6.52. The molecule has 1 aliphatic heterocycles. The first-order chi connectivity index (χ1) is 17.8. The molecule has 1 aliphatic rings. The Morgan fingerprint density at radius 1 is 1.19 bits per heavy atom. The predicted molar refractivity (Wildman–Crippen MR) is 141 cm³/mol. The molecule has 1 N–H and O–H groups in total. The van der Waals surface area contributed by atoms with Crippen molar-refractivity contribution < 1.29 is 9.53 Å². The summed E-state index contributed by atoms with van der Waals surface area (Å²) in [5.74, 6) is 0.256. The number of nitriles is 1. The van der Waals surface area contributed by atoms with E-state index in [1.807, 2.05) is 46.0 Å². The molecule has 0 unspecified atom stereocenters. The number of carbonyl (C=O) groups is 1. The van der Waals surface area contributed by atoms with Crippen LogP contribution in [-0.4, -0.2) is 61.5 Å². The minimum atomic E-state index is -0.497. The van der Waals surface area contributed by atoms with Crippen LogP contribution in [0, 0.1) is 11.3 Å². The molecule has 0 saturated carbocycles. The second-order valence-electron chi connectivity index (χ2n) is 9.96. The number of carbonyl (C=O) groups excluding carboxylic acids is 1. The number of amides is 1. The van der Waals surface area contributed by atoms with E-state index >= 15 is 0 Å². The smallest absolute Gasteiger partial charge is 0.410 e. The van der Waals surface area contributed by atoms with Crippen LogP contribution in [0.5, 0.6) is 0 Å². The van der Waals surface area contributed by atoms with E-state index in [1.165, 1.54) is 0 Å². The second kappa shape index (κ2) is 9.78. The van der Waals surface area contributed by atoms with Gasteiger partial charge in [0.1, 0.15) is 16.7 Å². The fraction of sp³-hybridized carbons (Fsp3) is 0.385. The summed E-state index contributed by atoms with van der Waals surface area (Å²) in [5, 5.41) is 27.5. The van der Waals surface area contributed by atoms with Crippen molar-refractivity contribution in [1.29, 1.82) is 5.26 Å². The number of hydrogen-bond donors (Lipinski definition) is 1. The van der Waals surface area contributed by atoms with Crippen molar-refractivity contribution >= 4 is 28.6 Å². The van der Waals surface area contributed by atoms with Crippen LogP contribution in [0.15, 0.2) is 36.7 Å². The van der Waals surface area contributed by atoms with Crippen molar-refractivity contribution in [3.63, 3.8) is 0 Å². The van der Waals surface area contributed by atoms with Gasteiger partial charge in [0.25, 0.3) is 0 Å². The molecule has 4 aromatic heterocycles. The molecule has 0 bridgehead atoms. The van der Waals surface area contributed by atoms with Gasteiger partial charge in [0.15, 0.2) is 5.01 Å². The fourth-order valence-corrected chi connectivity index (χ4v) is 5.41. The Morgan fingerprint density at radius 3 is 2.68 bits per heavy atom. The minimum absolute atomic E-state index is 0.256. The molecule has 0 atom stereocenters. The summed E-state index contributed by atoms with van der Waals surface area (Å²) in [6.45, 7) is 6.92. The summed E-state index contributed by atoms with van der Waals surface area (Å²) in [4.78, 5) is 18.8. The lowest BCUT2D eigenvalue weighted by Gasteiger charge is -2.32. The quantitative estimate of drug-likeness (QED) is 0.405. The number of aromatic nitrogens is 5. The zero-order valence-corrected chi connectivity index (χ0v) is 22.0. The van der Waals surface area contributed by atoms with E-state index in [2.05, 4.69) is 26.7 Å². The van der Waals surface area contributed by atoms with Gasteiger partial charge in [-0.15, -0.1) is 10.2 Å². The van der Waals surface area contributed by atoms with Crippen LogP contribution < -0.4 is 5.32 Å².